The number of anilines is 1. The van der Waals surface area contributed by atoms with Gasteiger partial charge in [-0.25, -0.2) is 0 Å². The van der Waals surface area contributed by atoms with E-state index in [4.69, 9.17) is 0 Å². The second kappa shape index (κ2) is 8.31. The molecule has 3 amide bonds. The fraction of sp³-hybridized carbons (Fsp3) is 0.471. The predicted molar refractivity (Wildman–Crippen MR) is 87.8 cm³/mol. The van der Waals surface area contributed by atoms with Crippen LogP contribution < -0.4 is 16.0 Å². The molecule has 1 aromatic carbocycles. The van der Waals surface area contributed by atoms with Crippen molar-refractivity contribution in [2.45, 2.75) is 32.6 Å². The third-order valence-electron chi connectivity index (χ3n) is 3.85. The molecule has 0 radical (unpaired) electrons. The van der Waals surface area contributed by atoms with Crippen LogP contribution in [0.1, 0.15) is 31.7 Å². The summed E-state index contributed by atoms with van der Waals surface area (Å²) in [5.41, 5.74) is 1.95. The first kappa shape index (κ1) is 17.0. The molecule has 124 valence electrons. The Bertz CT molecular complexity index is 586. The Morgan fingerprint density at radius 3 is 2.78 bits per heavy atom. The normalized spacial score (nSPS) is 16.2. The van der Waals surface area contributed by atoms with E-state index in [2.05, 4.69) is 16.0 Å². The second-order valence-electron chi connectivity index (χ2n) is 5.71. The number of fused-ring (bicyclic) bond motifs is 1. The highest BCUT2D eigenvalue weighted by molar-refractivity contribution is 5.96. The highest BCUT2D eigenvalue weighted by Crippen LogP contribution is 2.27. The molecule has 0 aromatic heterocycles. The first-order valence-electron chi connectivity index (χ1n) is 8.02. The van der Waals surface area contributed by atoms with Gasteiger partial charge in [0, 0.05) is 24.6 Å². The van der Waals surface area contributed by atoms with Gasteiger partial charge in [-0.15, -0.1) is 0 Å². The highest BCUT2D eigenvalue weighted by Gasteiger charge is 2.26. The van der Waals surface area contributed by atoms with Crippen LogP contribution in [0.15, 0.2) is 24.3 Å². The Morgan fingerprint density at radius 1 is 1.22 bits per heavy atom. The Kier molecular flexibility index (Phi) is 6.14. The fourth-order valence-electron chi connectivity index (χ4n) is 2.55. The number of carbonyl (C=O) groups excluding carboxylic acids is 3. The smallest absolute Gasteiger partial charge is 0.239 e. The molecule has 0 fully saturated rings. The number of rotatable bonds is 7. The van der Waals surface area contributed by atoms with Crippen molar-refractivity contribution < 1.29 is 14.4 Å². The lowest BCUT2D eigenvalue weighted by atomic mass is 9.89. The monoisotopic (exact) mass is 317 g/mol. The molecule has 0 saturated carbocycles. The minimum absolute atomic E-state index is 0.0153. The van der Waals surface area contributed by atoms with Crippen LogP contribution >= 0.6 is 0 Å². The molecule has 1 aromatic rings. The van der Waals surface area contributed by atoms with E-state index in [-0.39, 0.29) is 36.6 Å². The van der Waals surface area contributed by atoms with E-state index in [1.807, 2.05) is 31.2 Å². The van der Waals surface area contributed by atoms with Gasteiger partial charge in [-0.1, -0.05) is 25.1 Å². The maximum absolute atomic E-state index is 12.0. The lowest BCUT2D eigenvalue weighted by Crippen LogP contribution is -2.37. The molecule has 0 unspecified atom stereocenters. The summed E-state index contributed by atoms with van der Waals surface area (Å²) in [5.74, 6) is -0.644. The second-order valence-corrected chi connectivity index (χ2v) is 5.71. The van der Waals surface area contributed by atoms with Gasteiger partial charge in [0.1, 0.15) is 0 Å². The highest BCUT2D eigenvalue weighted by atomic mass is 16.2. The molecule has 3 N–H and O–H groups in total. The van der Waals surface area contributed by atoms with E-state index >= 15 is 0 Å². The quantitative estimate of drug-likeness (QED) is 0.706. The summed E-state index contributed by atoms with van der Waals surface area (Å²) < 4.78 is 0. The van der Waals surface area contributed by atoms with Gasteiger partial charge >= 0.3 is 0 Å². The van der Waals surface area contributed by atoms with Crippen LogP contribution in [0.5, 0.6) is 0 Å². The van der Waals surface area contributed by atoms with Crippen molar-refractivity contribution in [1.29, 1.82) is 0 Å². The molecule has 6 heteroatoms. The van der Waals surface area contributed by atoms with Crippen molar-refractivity contribution in [2.24, 2.45) is 5.92 Å². The zero-order valence-corrected chi connectivity index (χ0v) is 13.4. The Hall–Kier alpha value is -2.37. The summed E-state index contributed by atoms with van der Waals surface area (Å²) in [4.78, 5) is 35.3. The molecule has 2 rings (SSSR count). The summed E-state index contributed by atoms with van der Waals surface area (Å²) in [6.07, 6.45) is 2.22. The molecule has 6 nitrogen and oxygen atoms in total. The Balaban J connectivity index is 1.74. The van der Waals surface area contributed by atoms with E-state index in [9.17, 15) is 14.4 Å². The summed E-state index contributed by atoms with van der Waals surface area (Å²) in [7, 11) is 0. The first-order chi connectivity index (χ1) is 11.1. The van der Waals surface area contributed by atoms with Gasteiger partial charge in [-0.05, 0) is 30.9 Å². The number of hydrogen-bond acceptors (Lipinski definition) is 3. The third kappa shape index (κ3) is 5.09. The van der Waals surface area contributed by atoms with Crippen LogP contribution in [0.4, 0.5) is 5.69 Å². The minimum atomic E-state index is -0.205. The van der Waals surface area contributed by atoms with Crippen LogP contribution in [-0.2, 0) is 20.8 Å². The van der Waals surface area contributed by atoms with E-state index in [0.29, 0.717) is 19.4 Å². The summed E-state index contributed by atoms with van der Waals surface area (Å²) in [6.45, 7) is 2.56. The van der Waals surface area contributed by atoms with Gasteiger partial charge in [0.2, 0.25) is 17.7 Å². The van der Waals surface area contributed by atoms with Crippen molar-refractivity contribution in [3.05, 3.63) is 29.8 Å². The summed E-state index contributed by atoms with van der Waals surface area (Å²) >= 11 is 0. The van der Waals surface area contributed by atoms with Crippen LogP contribution in [0.2, 0.25) is 0 Å². The van der Waals surface area contributed by atoms with Gasteiger partial charge in [-0.3, -0.25) is 14.4 Å². The van der Waals surface area contributed by atoms with Gasteiger partial charge in [0.15, 0.2) is 0 Å². The van der Waals surface area contributed by atoms with E-state index in [0.717, 1.165) is 17.7 Å². The molecule has 1 heterocycles. The standard InChI is InChI=1S/C17H23N3O3/c1-2-9-18-16(22)11-19-15(21)8-7-13-10-12-5-3-4-6-14(12)20-17(13)23/h3-6,13H,2,7-11H2,1H3,(H,18,22)(H,19,21)(H,20,23)/t13-/m1/s1. The van der Waals surface area contributed by atoms with Crippen molar-refractivity contribution >= 4 is 23.4 Å². The molecule has 1 aliphatic heterocycles. The van der Waals surface area contributed by atoms with Gasteiger partial charge in [0.05, 0.1) is 6.54 Å². The first-order valence-corrected chi connectivity index (χ1v) is 8.02. The van der Waals surface area contributed by atoms with Gasteiger partial charge in [-0.2, -0.15) is 0 Å². The van der Waals surface area contributed by atoms with Crippen molar-refractivity contribution in [3.8, 4) is 0 Å². The van der Waals surface area contributed by atoms with Gasteiger partial charge < -0.3 is 16.0 Å². The van der Waals surface area contributed by atoms with Crippen LogP contribution in [-0.4, -0.2) is 30.8 Å². The molecule has 23 heavy (non-hydrogen) atoms. The molecule has 0 spiro atoms. The molecular formula is C17H23N3O3. The summed E-state index contributed by atoms with van der Waals surface area (Å²) in [6, 6.07) is 7.69. The zero-order valence-electron chi connectivity index (χ0n) is 13.4. The number of carbonyl (C=O) groups is 3. The number of para-hydroxylation sites is 1. The summed E-state index contributed by atoms with van der Waals surface area (Å²) in [5, 5.41) is 8.15. The molecule has 0 saturated heterocycles. The maximum atomic E-state index is 12.0. The Labute approximate surface area is 136 Å². The number of hydrogen-bond donors (Lipinski definition) is 3. The maximum Gasteiger partial charge on any atom is 0.239 e. The topological polar surface area (TPSA) is 87.3 Å². The third-order valence-corrected chi connectivity index (χ3v) is 3.85. The molecule has 0 aliphatic carbocycles. The zero-order chi connectivity index (χ0) is 16.7. The molecular weight excluding hydrogens is 294 g/mol. The molecule has 0 bridgehead atoms. The average molecular weight is 317 g/mol. The van der Waals surface area contributed by atoms with Crippen LogP contribution in [0.3, 0.4) is 0 Å². The van der Waals surface area contributed by atoms with Gasteiger partial charge in [0.25, 0.3) is 0 Å². The van der Waals surface area contributed by atoms with E-state index in [1.54, 1.807) is 0 Å². The predicted octanol–water partition coefficient (Wildman–Crippen LogP) is 1.22. The minimum Gasteiger partial charge on any atom is -0.355 e. The number of benzene rings is 1. The molecule has 1 atom stereocenters. The number of nitrogens with one attached hydrogen (secondary N) is 3. The lowest BCUT2D eigenvalue weighted by molar-refractivity contribution is -0.126. The van der Waals surface area contributed by atoms with Crippen LogP contribution in [0, 0.1) is 5.92 Å². The number of amides is 3. The van der Waals surface area contributed by atoms with Crippen LogP contribution in [0.25, 0.3) is 0 Å². The SMILES string of the molecule is CCCNC(=O)CNC(=O)CC[C@@H]1Cc2ccccc2NC1=O. The van der Waals surface area contributed by atoms with E-state index < -0.39 is 0 Å². The average Bonchev–Trinajstić information content (AvgIpc) is 2.56. The van der Waals surface area contributed by atoms with Crippen molar-refractivity contribution in [1.82, 2.24) is 10.6 Å². The largest absolute Gasteiger partial charge is 0.355 e. The molecule has 1 aliphatic rings. The van der Waals surface area contributed by atoms with Crippen molar-refractivity contribution in [3.63, 3.8) is 0 Å². The fourth-order valence-corrected chi connectivity index (χ4v) is 2.55. The van der Waals surface area contributed by atoms with E-state index in [1.165, 1.54) is 0 Å². The lowest BCUT2D eigenvalue weighted by Gasteiger charge is -2.24. The Morgan fingerprint density at radius 2 is 2.00 bits per heavy atom. The van der Waals surface area contributed by atoms with Crippen molar-refractivity contribution in [2.75, 3.05) is 18.4 Å².